The highest BCUT2D eigenvalue weighted by Gasteiger charge is 2.11. The highest BCUT2D eigenvalue weighted by molar-refractivity contribution is 5.36. The van der Waals surface area contributed by atoms with Crippen LogP contribution in [0.5, 0.6) is 0 Å². The van der Waals surface area contributed by atoms with Crippen LogP contribution in [0.15, 0.2) is 0 Å². The quantitative estimate of drug-likeness (QED) is 0.635. The topological polar surface area (TPSA) is 41.6 Å². The molecular formula is C9H13N3. The third kappa shape index (κ3) is 1.20. The van der Waals surface area contributed by atoms with Crippen molar-refractivity contribution in [1.29, 1.82) is 5.26 Å². The molecule has 0 atom stereocenters. The van der Waals surface area contributed by atoms with Crippen LogP contribution in [0.4, 0.5) is 0 Å². The monoisotopic (exact) mass is 163 g/mol. The third-order valence-corrected chi connectivity index (χ3v) is 1.93. The lowest BCUT2D eigenvalue weighted by molar-refractivity contribution is 0.516. The van der Waals surface area contributed by atoms with Crippen LogP contribution in [0.2, 0.25) is 0 Å². The zero-order valence-electron chi connectivity index (χ0n) is 7.92. The number of hydrogen-bond donors (Lipinski definition) is 0. The molecular weight excluding hydrogens is 150 g/mol. The van der Waals surface area contributed by atoms with Gasteiger partial charge in [0.15, 0.2) is 0 Å². The van der Waals surface area contributed by atoms with E-state index in [4.69, 9.17) is 5.26 Å². The molecule has 1 aromatic rings. The van der Waals surface area contributed by atoms with E-state index in [0.717, 1.165) is 11.4 Å². The van der Waals surface area contributed by atoms with Crippen LogP contribution in [-0.4, -0.2) is 9.78 Å². The average Bonchev–Trinajstić information content (AvgIpc) is 2.27. The molecule has 0 bridgehead atoms. The summed E-state index contributed by atoms with van der Waals surface area (Å²) in [6, 6.07) is 2.48. The van der Waals surface area contributed by atoms with Gasteiger partial charge in [0.05, 0.1) is 17.0 Å². The molecule has 0 aromatic carbocycles. The summed E-state index contributed by atoms with van der Waals surface area (Å²) < 4.78 is 1.88. The van der Waals surface area contributed by atoms with Gasteiger partial charge in [0.25, 0.3) is 0 Å². The molecule has 0 aliphatic rings. The van der Waals surface area contributed by atoms with Crippen LogP contribution >= 0.6 is 0 Å². The molecule has 3 nitrogen and oxygen atoms in total. The molecule has 64 valence electrons. The van der Waals surface area contributed by atoms with Crippen molar-refractivity contribution >= 4 is 0 Å². The summed E-state index contributed by atoms with van der Waals surface area (Å²) >= 11 is 0. The Labute approximate surface area is 72.6 Å². The van der Waals surface area contributed by atoms with Gasteiger partial charge in [0.2, 0.25) is 0 Å². The lowest BCUT2D eigenvalue weighted by Gasteiger charge is -2.06. The maximum Gasteiger partial charge on any atom is 0.103 e. The Kier molecular flexibility index (Phi) is 2.18. The molecule has 0 saturated heterocycles. The van der Waals surface area contributed by atoms with Gasteiger partial charge >= 0.3 is 0 Å². The van der Waals surface area contributed by atoms with Crippen molar-refractivity contribution in [2.45, 2.75) is 33.7 Å². The maximum atomic E-state index is 8.79. The molecule has 0 aliphatic carbocycles. The number of rotatable bonds is 1. The van der Waals surface area contributed by atoms with Gasteiger partial charge in [-0.05, 0) is 27.7 Å². The van der Waals surface area contributed by atoms with Gasteiger partial charge in [-0.25, -0.2) is 0 Å². The molecule has 1 aromatic heterocycles. The van der Waals surface area contributed by atoms with Crippen LogP contribution in [0.3, 0.4) is 0 Å². The Morgan fingerprint density at radius 1 is 1.42 bits per heavy atom. The third-order valence-electron chi connectivity index (χ3n) is 1.93. The van der Waals surface area contributed by atoms with Crippen LogP contribution in [0.1, 0.15) is 36.8 Å². The van der Waals surface area contributed by atoms with Gasteiger partial charge in [-0.2, -0.15) is 10.4 Å². The van der Waals surface area contributed by atoms with E-state index in [1.807, 2.05) is 18.5 Å². The van der Waals surface area contributed by atoms with E-state index in [-0.39, 0.29) is 0 Å². The zero-order valence-corrected chi connectivity index (χ0v) is 7.92. The first-order chi connectivity index (χ1) is 5.57. The number of aryl methyl sites for hydroxylation is 1. The number of hydrogen-bond acceptors (Lipinski definition) is 2. The first-order valence-corrected chi connectivity index (χ1v) is 4.03. The van der Waals surface area contributed by atoms with Crippen LogP contribution in [-0.2, 0) is 0 Å². The van der Waals surface area contributed by atoms with E-state index in [2.05, 4.69) is 25.0 Å². The van der Waals surface area contributed by atoms with Gasteiger partial charge < -0.3 is 0 Å². The molecule has 12 heavy (non-hydrogen) atoms. The van der Waals surface area contributed by atoms with Gasteiger partial charge in [-0.1, -0.05) is 0 Å². The molecule has 0 fully saturated rings. The zero-order chi connectivity index (χ0) is 9.30. The molecule has 1 rings (SSSR count). The van der Waals surface area contributed by atoms with E-state index in [1.54, 1.807) is 0 Å². The van der Waals surface area contributed by atoms with Crippen molar-refractivity contribution in [2.24, 2.45) is 0 Å². The fraction of sp³-hybridized carbons (Fsp3) is 0.556. The number of nitrogens with zero attached hydrogens (tertiary/aromatic N) is 3. The lowest BCUT2D eigenvalue weighted by atomic mass is 10.2. The normalized spacial score (nSPS) is 10.3. The van der Waals surface area contributed by atoms with Crippen molar-refractivity contribution in [3.63, 3.8) is 0 Å². The van der Waals surface area contributed by atoms with Crippen molar-refractivity contribution in [3.8, 4) is 6.07 Å². The summed E-state index contributed by atoms with van der Waals surface area (Å²) in [5.74, 6) is 0. The first kappa shape index (κ1) is 8.79. The molecule has 0 saturated carbocycles. The minimum Gasteiger partial charge on any atom is -0.266 e. The molecule has 0 aliphatic heterocycles. The molecule has 3 heteroatoms. The van der Waals surface area contributed by atoms with E-state index in [0.29, 0.717) is 11.6 Å². The summed E-state index contributed by atoms with van der Waals surface area (Å²) in [6.45, 7) is 7.91. The summed E-state index contributed by atoms with van der Waals surface area (Å²) in [4.78, 5) is 0. The predicted octanol–water partition coefficient (Wildman–Crippen LogP) is 1.95. The van der Waals surface area contributed by atoms with Crippen molar-refractivity contribution in [3.05, 3.63) is 17.0 Å². The second-order valence-corrected chi connectivity index (χ2v) is 3.20. The SMILES string of the molecule is Cc1nn(C(C)C)c(C)c1C#N. The fourth-order valence-electron chi connectivity index (χ4n) is 1.33. The molecule has 0 radical (unpaired) electrons. The molecule has 0 N–H and O–H groups in total. The maximum absolute atomic E-state index is 8.79. The minimum absolute atomic E-state index is 0.325. The van der Waals surface area contributed by atoms with E-state index >= 15 is 0 Å². The van der Waals surface area contributed by atoms with Crippen LogP contribution in [0, 0.1) is 25.2 Å². The molecule has 1 heterocycles. The van der Waals surface area contributed by atoms with Crippen molar-refractivity contribution in [1.82, 2.24) is 9.78 Å². The number of aromatic nitrogens is 2. The first-order valence-electron chi connectivity index (χ1n) is 4.03. The highest BCUT2D eigenvalue weighted by atomic mass is 15.3. The van der Waals surface area contributed by atoms with Gasteiger partial charge in [-0.15, -0.1) is 0 Å². The second-order valence-electron chi connectivity index (χ2n) is 3.20. The van der Waals surface area contributed by atoms with Crippen LogP contribution in [0.25, 0.3) is 0 Å². The summed E-state index contributed by atoms with van der Waals surface area (Å²) in [7, 11) is 0. The Morgan fingerprint density at radius 3 is 2.25 bits per heavy atom. The summed E-state index contributed by atoms with van der Waals surface area (Å²) in [6.07, 6.45) is 0. The van der Waals surface area contributed by atoms with E-state index < -0.39 is 0 Å². The standard InChI is InChI=1S/C9H13N3/c1-6(2)12-8(4)9(5-10)7(3)11-12/h6H,1-4H3. The Balaban J connectivity index is 3.29. The Morgan fingerprint density at radius 2 is 2.00 bits per heavy atom. The molecule has 0 amide bonds. The Bertz CT molecular complexity index is 328. The largest absolute Gasteiger partial charge is 0.266 e. The minimum atomic E-state index is 0.325. The molecule has 0 unspecified atom stereocenters. The fourth-order valence-corrected chi connectivity index (χ4v) is 1.33. The summed E-state index contributed by atoms with van der Waals surface area (Å²) in [5.41, 5.74) is 2.50. The number of nitriles is 1. The highest BCUT2D eigenvalue weighted by Crippen LogP contribution is 2.15. The summed E-state index contributed by atoms with van der Waals surface area (Å²) in [5, 5.41) is 13.1. The molecule has 0 spiro atoms. The van der Waals surface area contributed by atoms with Gasteiger partial charge in [-0.3, -0.25) is 4.68 Å². The van der Waals surface area contributed by atoms with Crippen LogP contribution < -0.4 is 0 Å². The average molecular weight is 163 g/mol. The van der Waals surface area contributed by atoms with E-state index in [1.165, 1.54) is 0 Å². The predicted molar refractivity (Wildman–Crippen MR) is 46.8 cm³/mol. The van der Waals surface area contributed by atoms with E-state index in [9.17, 15) is 0 Å². The van der Waals surface area contributed by atoms with Crippen molar-refractivity contribution < 1.29 is 0 Å². The smallest absolute Gasteiger partial charge is 0.103 e. The second kappa shape index (κ2) is 2.98. The van der Waals surface area contributed by atoms with Gasteiger partial charge in [0.1, 0.15) is 6.07 Å². The lowest BCUT2D eigenvalue weighted by Crippen LogP contribution is -2.04. The van der Waals surface area contributed by atoms with Gasteiger partial charge in [0, 0.05) is 6.04 Å². The Hall–Kier alpha value is -1.30. The van der Waals surface area contributed by atoms with Crippen molar-refractivity contribution in [2.75, 3.05) is 0 Å².